The van der Waals surface area contributed by atoms with E-state index in [0.717, 1.165) is 30.6 Å². The Morgan fingerprint density at radius 3 is 2.56 bits per heavy atom. The van der Waals surface area contributed by atoms with Crippen molar-refractivity contribution >= 4 is 48.4 Å². The summed E-state index contributed by atoms with van der Waals surface area (Å²) < 4.78 is 23.5. The second-order valence-corrected chi connectivity index (χ2v) is 19.2. The zero-order chi connectivity index (χ0) is 30.8. The van der Waals surface area contributed by atoms with Crippen LogP contribution in [0.4, 0.5) is 4.39 Å². The summed E-state index contributed by atoms with van der Waals surface area (Å²) in [5.74, 6) is -0.0328. The number of hydrogen-bond acceptors (Lipinski definition) is 4. The monoisotopic (exact) mass is 642 g/mol. The average Bonchev–Trinajstić information content (AvgIpc) is 3.60. The molecule has 1 fully saturated rings. The van der Waals surface area contributed by atoms with Gasteiger partial charge in [-0.15, -0.1) is 0 Å². The van der Waals surface area contributed by atoms with Gasteiger partial charge in [0.2, 0.25) is 0 Å². The van der Waals surface area contributed by atoms with E-state index in [0.29, 0.717) is 38.5 Å². The molecule has 0 radical (unpaired) electrons. The smallest absolute Gasteiger partial charge is 0.334 e. The van der Waals surface area contributed by atoms with Crippen LogP contribution in [-0.2, 0) is 22.2 Å². The molecule has 2 aromatic heterocycles. The molecule has 2 atom stereocenters. The molecule has 1 aliphatic heterocycles. The topological polar surface area (TPSA) is 82.2 Å². The molecule has 6 rings (SSSR count). The van der Waals surface area contributed by atoms with Gasteiger partial charge in [0.15, 0.2) is 14.4 Å². The van der Waals surface area contributed by atoms with Gasteiger partial charge in [0.25, 0.3) is 0 Å². The normalized spacial score (nSPS) is 21.2. The van der Waals surface area contributed by atoms with Gasteiger partial charge in [0.1, 0.15) is 11.7 Å². The van der Waals surface area contributed by atoms with Crippen LogP contribution in [0, 0.1) is 5.92 Å². The highest BCUT2D eigenvalue weighted by Gasteiger charge is 2.39. The summed E-state index contributed by atoms with van der Waals surface area (Å²) >= 11 is 13.6. The second kappa shape index (κ2) is 11.0. The van der Waals surface area contributed by atoms with E-state index in [1.54, 1.807) is 16.8 Å². The Kier molecular flexibility index (Phi) is 7.76. The van der Waals surface area contributed by atoms with E-state index in [-0.39, 0.29) is 23.7 Å². The minimum atomic E-state index is -1.73. The molecule has 2 aromatic carbocycles. The van der Waals surface area contributed by atoms with Gasteiger partial charge in [-0.1, -0.05) is 68.2 Å². The lowest BCUT2D eigenvalue weighted by Crippen LogP contribution is -2.43. The van der Waals surface area contributed by atoms with Gasteiger partial charge >= 0.3 is 5.97 Å². The summed E-state index contributed by atoms with van der Waals surface area (Å²) in [6, 6.07) is 8.96. The fourth-order valence-corrected chi connectivity index (χ4v) is 7.60. The number of imidazole rings is 1. The first-order valence-corrected chi connectivity index (χ1v) is 18.4. The number of alkyl halides is 1. The predicted octanol–water partition coefficient (Wildman–Crippen LogP) is 8.29. The first kappa shape index (κ1) is 30.3. The first-order valence-electron chi connectivity index (χ1n) is 14.8. The molecular formula is C32H37Cl2FN4O3Si. The molecule has 43 heavy (non-hydrogen) atoms. The lowest BCUT2D eigenvalue weighted by atomic mass is 9.72. The summed E-state index contributed by atoms with van der Waals surface area (Å²) in [4.78, 5) is 16.7. The maximum absolute atomic E-state index is 14.0. The zero-order valence-electron chi connectivity index (χ0n) is 25.1. The molecule has 3 heterocycles. The number of aliphatic carboxylic acids is 1. The molecular weight excluding hydrogens is 606 g/mol. The van der Waals surface area contributed by atoms with E-state index >= 15 is 0 Å². The number of nitrogens with zero attached hydrogens (tertiary/aromatic N) is 4. The molecule has 1 saturated carbocycles. The van der Waals surface area contributed by atoms with Crippen LogP contribution < -0.4 is 0 Å². The third-order valence-corrected chi connectivity index (χ3v) is 14.9. The molecule has 7 nitrogen and oxygen atoms in total. The van der Waals surface area contributed by atoms with Gasteiger partial charge < -0.3 is 14.1 Å². The molecule has 0 bridgehead atoms. The van der Waals surface area contributed by atoms with Crippen molar-refractivity contribution in [2.24, 2.45) is 5.92 Å². The Hall–Kier alpha value is -2.72. The molecule has 11 heteroatoms. The number of benzene rings is 2. The van der Waals surface area contributed by atoms with Crippen LogP contribution >= 0.6 is 23.2 Å². The number of aromatic nitrogens is 4. The SMILES string of the molecule is CC(C)(C)[Si](C)(C)OCC1CC(c2ccc(-c3cc(Cl)c4cn(C(C(=O)O)c5ncn6c5CC(F)C6)nc4c3Cl)cc2)C1. The molecule has 0 spiro atoms. The summed E-state index contributed by atoms with van der Waals surface area (Å²) in [5.41, 5.74) is 4.17. The third-order valence-electron chi connectivity index (χ3n) is 9.67. The van der Waals surface area contributed by atoms with Crippen molar-refractivity contribution in [1.29, 1.82) is 0 Å². The fraction of sp³-hybridized carbons (Fsp3) is 0.469. The number of carboxylic acids is 1. The fourth-order valence-electron chi connectivity index (χ4n) is 5.96. The van der Waals surface area contributed by atoms with Crippen molar-refractivity contribution in [3.8, 4) is 11.1 Å². The summed E-state index contributed by atoms with van der Waals surface area (Å²) in [6.45, 7) is 12.4. The quantitative estimate of drug-likeness (QED) is 0.196. The highest BCUT2D eigenvalue weighted by atomic mass is 35.5. The largest absolute Gasteiger partial charge is 0.479 e. The Bertz CT molecular complexity index is 1690. The summed E-state index contributed by atoms with van der Waals surface area (Å²) in [5, 5.41) is 16.3. The third kappa shape index (κ3) is 5.54. The zero-order valence-corrected chi connectivity index (χ0v) is 27.6. The second-order valence-electron chi connectivity index (χ2n) is 13.6. The molecule has 2 unspecified atom stereocenters. The number of rotatable bonds is 8. The van der Waals surface area contributed by atoms with Crippen molar-refractivity contribution in [3.05, 3.63) is 69.9 Å². The van der Waals surface area contributed by atoms with Gasteiger partial charge in [-0.2, -0.15) is 5.10 Å². The molecule has 1 aliphatic carbocycles. The Balaban J connectivity index is 1.21. The Labute approximate surface area is 262 Å². The van der Waals surface area contributed by atoms with E-state index in [1.807, 2.05) is 0 Å². The molecule has 2 aliphatic rings. The number of hydrogen-bond donors (Lipinski definition) is 1. The molecule has 228 valence electrons. The van der Waals surface area contributed by atoms with Crippen molar-refractivity contribution < 1.29 is 18.7 Å². The Morgan fingerprint density at radius 1 is 1.21 bits per heavy atom. The summed E-state index contributed by atoms with van der Waals surface area (Å²) in [7, 11) is -1.73. The number of halogens is 3. The van der Waals surface area contributed by atoms with Crippen molar-refractivity contribution in [3.63, 3.8) is 0 Å². The number of carbonyl (C=O) groups is 1. The van der Waals surface area contributed by atoms with Crippen LogP contribution in [0.1, 0.15) is 62.5 Å². The van der Waals surface area contributed by atoms with E-state index in [4.69, 9.17) is 27.6 Å². The van der Waals surface area contributed by atoms with Crippen LogP contribution in [0.15, 0.2) is 42.9 Å². The predicted molar refractivity (Wildman–Crippen MR) is 170 cm³/mol. The van der Waals surface area contributed by atoms with Crippen molar-refractivity contribution in [1.82, 2.24) is 19.3 Å². The molecule has 0 amide bonds. The summed E-state index contributed by atoms with van der Waals surface area (Å²) in [6.07, 6.45) is 4.37. The lowest BCUT2D eigenvalue weighted by Gasteiger charge is -2.41. The van der Waals surface area contributed by atoms with Crippen LogP contribution in [0.3, 0.4) is 0 Å². The van der Waals surface area contributed by atoms with Crippen LogP contribution in [0.5, 0.6) is 0 Å². The van der Waals surface area contributed by atoms with Crippen molar-refractivity contribution in [2.75, 3.05) is 6.61 Å². The van der Waals surface area contributed by atoms with Gasteiger partial charge in [0, 0.05) is 35.9 Å². The number of carboxylic acid groups (broad SMARTS) is 1. The van der Waals surface area contributed by atoms with Crippen molar-refractivity contribution in [2.45, 2.75) is 82.8 Å². The first-order chi connectivity index (χ1) is 20.2. The highest BCUT2D eigenvalue weighted by Crippen LogP contribution is 2.45. The molecule has 4 aromatic rings. The van der Waals surface area contributed by atoms with Crippen LogP contribution in [-0.4, -0.2) is 51.5 Å². The van der Waals surface area contributed by atoms with E-state index in [9.17, 15) is 14.3 Å². The maximum Gasteiger partial charge on any atom is 0.334 e. The molecule has 1 N–H and O–H groups in total. The van der Waals surface area contributed by atoms with E-state index in [2.05, 4.69) is 68.2 Å². The van der Waals surface area contributed by atoms with Crippen LogP contribution in [0.25, 0.3) is 22.0 Å². The lowest BCUT2D eigenvalue weighted by molar-refractivity contribution is -0.139. The van der Waals surface area contributed by atoms with E-state index < -0.39 is 26.5 Å². The van der Waals surface area contributed by atoms with Gasteiger partial charge in [-0.05, 0) is 60.0 Å². The van der Waals surface area contributed by atoms with Crippen LogP contribution in [0.2, 0.25) is 28.2 Å². The minimum absolute atomic E-state index is 0.119. The Morgan fingerprint density at radius 2 is 1.91 bits per heavy atom. The standard InChI is InChI=1S/C32H37Cl2FN4O3Si/c1-32(2,3)43(4,5)42-16-18-10-21(11-18)19-6-8-20(9-7-19)23-13-25(33)24-15-39(37-28(24)27(23)34)30(31(40)41)29-26-12-22(35)14-38(26)17-36-29/h6-9,13,15,17-18,21-22,30H,10-12,14,16H2,1-5H3,(H,40,41). The average molecular weight is 644 g/mol. The number of fused-ring (bicyclic) bond motifs is 2. The minimum Gasteiger partial charge on any atom is -0.479 e. The maximum atomic E-state index is 14.0. The highest BCUT2D eigenvalue weighted by molar-refractivity contribution is 6.74. The van der Waals surface area contributed by atoms with Gasteiger partial charge in [0.05, 0.1) is 28.6 Å². The van der Waals surface area contributed by atoms with E-state index in [1.165, 1.54) is 16.6 Å². The molecule has 0 saturated heterocycles. The van der Waals surface area contributed by atoms with Gasteiger partial charge in [-0.3, -0.25) is 4.68 Å². The van der Waals surface area contributed by atoms with Gasteiger partial charge in [-0.25, -0.2) is 14.2 Å².